The van der Waals surface area contributed by atoms with Crippen LogP contribution in [-0.2, 0) is 0 Å². The maximum absolute atomic E-state index is 8.38. The molecule has 0 aliphatic carbocycles. The van der Waals surface area contributed by atoms with Crippen molar-refractivity contribution in [2.75, 3.05) is 0 Å². The molecule has 0 N–H and O–H groups in total. The van der Waals surface area contributed by atoms with E-state index in [9.17, 15) is 0 Å². The van der Waals surface area contributed by atoms with Crippen LogP contribution < -0.4 is 0 Å². The van der Waals surface area contributed by atoms with E-state index in [1.807, 2.05) is 33.1 Å². The van der Waals surface area contributed by atoms with Gasteiger partial charge in [-0.05, 0) is 39.5 Å². The predicted octanol–water partition coefficient (Wildman–Crippen LogP) is 2.80. The fraction of sp³-hybridized carbons (Fsp3) is 0.857. The molecule has 0 aromatic rings. The summed E-state index contributed by atoms with van der Waals surface area (Å²) >= 11 is 1.12. The Bertz CT molecular complexity index is 179. The normalized spacial score (nSPS) is 12.4. The molecule has 0 aromatic carbocycles. The summed E-state index contributed by atoms with van der Waals surface area (Å²) in [6.07, 6.45) is 0. The molecular formula is C7H13N3S. The third-order valence-electron chi connectivity index (χ3n) is 0.825. The Hall–Kier alpha value is -0.560. The van der Waals surface area contributed by atoms with Gasteiger partial charge in [0.25, 0.3) is 0 Å². The van der Waals surface area contributed by atoms with Gasteiger partial charge in [0.2, 0.25) is 0 Å². The minimum Gasteiger partial charge on any atom is -0.190 e. The highest BCUT2D eigenvalue weighted by atomic mass is 32.2. The molecule has 0 aliphatic rings. The number of hydrogen-bond acceptors (Lipinski definition) is 4. The lowest BCUT2D eigenvalue weighted by Crippen LogP contribution is -2.09. The highest BCUT2D eigenvalue weighted by molar-refractivity contribution is 8.04. The van der Waals surface area contributed by atoms with Gasteiger partial charge < -0.3 is 0 Å². The second-order valence-corrected chi connectivity index (χ2v) is 4.34. The molecule has 0 saturated heterocycles. The van der Waals surface area contributed by atoms with E-state index in [4.69, 9.17) is 5.26 Å². The smallest absolute Gasteiger partial charge is 0.135 e. The molecule has 4 heteroatoms. The van der Waals surface area contributed by atoms with Crippen LogP contribution in [0, 0.1) is 10.7 Å². The average Bonchev–Trinajstić information content (AvgIpc) is 1.84. The van der Waals surface area contributed by atoms with E-state index >= 15 is 0 Å². The lowest BCUT2D eigenvalue weighted by Gasteiger charge is -2.11. The monoisotopic (exact) mass is 171 g/mol. The Kier molecular flexibility index (Phi) is 4.12. The molecule has 0 atom stereocenters. The van der Waals surface area contributed by atoms with E-state index in [-0.39, 0.29) is 6.04 Å². The summed E-state index contributed by atoms with van der Waals surface area (Å²) in [5, 5.41) is 18.4. The van der Waals surface area contributed by atoms with Crippen molar-refractivity contribution < 1.29 is 0 Å². The minimum atomic E-state index is -0.404. The van der Waals surface area contributed by atoms with Crippen molar-refractivity contribution in [1.29, 1.82) is 5.26 Å². The molecule has 11 heavy (non-hydrogen) atoms. The van der Waals surface area contributed by atoms with Crippen LogP contribution in [-0.4, -0.2) is 10.9 Å². The zero-order valence-corrected chi connectivity index (χ0v) is 8.14. The van der Waals surface area contributed by atoms with Gasteiger partial charge in [0.1, 0.15) is 10.3 Å². The van der Waals surface area contributed by atoms with Crippen molar-refractivity contribution in [2.45, 2.75) is 38.6 Å². The van der Waals surface area contributed by atoms with Crippen molar-refractivity contribution in [3.8, 4) is 5.40 Å². The third kappa shape index (κ3) is 5.86. The molecule has 0 heterocycles. The lowest BCUT2D eigenvalue weighted by molar-refractivity contribution is 0.644. The molecule has 0 unspecified atom stereocenters. The molecule has 0 rings (SSSR count). The van der Waals surface area contributed by atoms with Gasteiger partial charge in [-0.15, -0.1) is 0 Å². The molecule has 0 saturated carbocycles. The number of rotatable bonds is 3. The summed E-state index contributed by atoms with van der Waals surface area (Å²) in [7, 11) is 0. The van der Waals surface area contributed by atoms with Crippen molar-refractivity contribution in [3.63, 3.8) is 0 Å². The fourth-order valence-corrected chi connectivity index (χ4v) is 0.698. The summed E-state index contributed by atoms with van der Waals surface area (Å²) in [5.74, 6) is 0. The standard InChI is InChI=1S/C7H13N3S/c1-6(2)9-10-7(3,4)11-5-8/h6H,1-4H3. The highest BCUT2D eigenvalue weighted by Crippen LogP contribution is 2.24. The van der Waals surface area contributed by atoms with Crippen LogP contribution in [0.5, 0.6) is 0 Å². The lowest BCUT2D eigenvalue weighted by atomic mass is 10.4. The molecule has 0 radical (unpaired) electrons. The number of thiocyanates is 1. The van der Waals surface area contributed by atoms with Crippen LogP contribution >= 0.6 is 11.8 Å². The number of azo groups is 1. The van der Waals surface area contributed by atoms with Crippen molar-refractivity contribution in [1.82, 2.24) is 0 Å². The topological polar surface area (TPSA) is 48.5 Å². The Labute approximate surface area is 71.9 Å². The fourth-order valence-electron chi connectivity index (χ4n) is 0.387. The van der Waals surface area contributed by atoms with Crippen LogP contribution in [0.15, 0.2) is 10.2 Å². The van der Waals surface area contributed by atoms with Gasteiger partial charge in [-0.25, -0.2) is 0 Å². The van der Waals surface area contributed by atoms with Gasteiger partial charge in [0.05, 0.1) is 6.04 Å². The van der Waals surface area contributed by atoms with Crippen molar-refractivity contribution in [3.05, 3.63) is 0 Å². The molecule has 0 aliphatic heterocycles. The second-order valence-electron chi connectivity index (χ2n) is 2.95. The number of hydrogen-bond donors (Lipinski definition) is 0. The summed E-state index contributed by atoms with van der Waals surface area (Å²) in [6, 6.07) is 0.202. The maximum atomic E-state index is 8.38. The van der Waals surface area contributed by atoms with Gasteiger partial charge >= 0.3 is 0 Å². The van der Waals surface area contributed by atoms with Gasteiger partial charge in [0.15, 0.2) is 0 Å². The van der Waals surface area contributed by atoms with E-state index in [0.29, 0.717) is 0 Å². The highest BCUT2D eigenvalue weighted by Gasteiger charge is 2.16. The Morgan fingerprint density at radius 1 is 1.45 bits per heavy atom. The summed E-state index contributed by atoms with van der Waals surface area (Å²) < 4.78 is 0. The van der Waals surface area contributed by atoms with E-state index in [0.717, 1.165) is 11.8 Å². The van der Waals surface area contributed by atoms with Crippen LogP contribution in [0.1, 0.15) is 27.7 Å². The van der Waals surface area contributed by atoms with Crippen molar-refractivity contribution >= 4 is 11.8 Å². The molecule has 0 bridgehead atoms. The zero-order chi connectivity index (χ0) is 8.91. The Morgan fingerprint density at radius 3 is 2.36 bits per heavy atom. The molecule has 0 aromatic heterocycles. The van der Waals surface area contributed by atoms with Gasteiger partial charge in [-0.3, -0.25) is 0 Å². The van der Waals surface area contributed by atoms with Crippen LogP contribution in [0.3, 0.4) is 0 Å². The molecule has 0 spiro atoms. The zero-order valence-electron chi connectivity index (χ0n) is 7.33. The van der Waals surface area contributed by atoms with Crippen molar-refractivity contribution in [2.24, 2.45) is 10.2 Å². The quantitative estimate of drug-likeness (QED) is 0.484. The largest absolute Gasteiger partial charge is 0.190 e. The van der Waals surface area contributed by atoms with Gasteiger partial charge in [0, 0.05) is 0 Å². The van der Waals surface area contributed by atoms with Crippen LogP contribution in [0.25, 0.3) is 0 Å². The first-order chi connectivity index (χ1) is 4.98. The van der Waals surface area contributed by atoms with Crippen LogP contribution in [0.2, 0.25) is 0 Å². The van der Waals surface area contributed by atoms with E-state index < -0.39 is 4.87 Å². The maximum Gasteiger partial charge on any atom is 0.135 e. The molecule has 3 nitrogen and oxygen atoms in total. The summed E-state index contributed by atoms with van der Waals surface area (Å²) in [4.78, 5) is -0.404. The number of thioether (sulfide) groups is 1. The SMILES string of the molecule is CC(C)N=NC(C)(C)SC#N. The molecule has 0 amide bonds. The average molecular weight is 171 g/mol. The first-order valence-corrected chi connectivity index (χ1v) is 4.28. The Morgan fingerprint density at radius 2 is 2.00 bits per heavy atom. The van der Waals surface area contributed by atoms with Gasteiger partial charge in [-0.2, -0.15) is 15.5 Å². The van der Waals surface area contributed by atoms with E-state index in [2.05, 4.69) is 10.2 Å². The molecule has 0 fully saturated rings. The summed E-state index contributed by atoms with van der Waals surface area (Å²) in [5.41, 5.74) is 0. The number of nitrogens with zero attached hydrogens (tertiary/aromatic N) is 3. The molecular weight excluding hydrogens is 158 g/mol. The predicted molar refractivity (Wildman–Crippen MR) is 47.3 cm³/mol. The minimum absolute atomic E-state index is 0.202. The van der Waals surface area contributed by atoms with Crippen LogP contribution in [0.4, 0.5) is 0 Å². The molecule has 62 valence electrons. The summed E-state index contributed by atoms with van der Waals surface area (Å²) in [6.45, 7) is 7.65. The van der Waals surface area contributed by atoms with Gasteiger partial charge in [-0.1, -0.05) is 0 Å². The van der Waals surface area contributed by atoms with E-state index in [1.54, 1.807) is 0 Å². The van der Waals surface area contributed by atoms with E-state index in [1.165, 1.54) is 0 Å². The first kappa shape index (κ1) is 10.4. The first-order valence-electron chi connectivity index (χ1n) is 3.47. The number of nitriles is 1. The Balaban J connectivity index is 4.02. The second kappa shape index (κ2) is 4.35. The third-order valence-corrected chi connectivity index (χ3v) is 1.50.